The maximum absolute atomic E-state index is 12.4. The van der Waals surface area contributed by atoms with Gasteiger partial charge in [-0.1, -0.05) is 18.1 Å². The minimum absolute atomic E-state index is 0.0860. The lowest BCUT2D eigenvalue weighted by Gasteiger charge is -2.10. The Kier molecular flexibility index (Phi) is 5.51. The number of nitrogens with one attached hydrogen (secondary N) is 2. The molecule has 2 N–H and O–H groups in total. The summed E-state index contributed by atoms with van der Waals surface area (Å²) < 4.78 is 32.4. The number of aromatic nitrogens is 1. The van der Waals surface area contributed by atoms with E-state index < -0.39 is 10.0 Å². The first kappa shape index (κ1) is 16.2. The standard InChI is InChI=1S/C13H16BrN3O3S/c1-2-15-8-10-3-4-12(14)13(7-10)21(18,19)16-9-11-5-6-20-17-11/h3-7,15-16H,2,8-9H2,1H3. The number of hydrogen-bond acceptors (Lipinski definition) is 5. The second kappa shape index (κ2) is 7.17. The monoisotopic (exact) mass is 373 g/mol. The van der Waals surface area contributed by atoms with E-state index in [1.165, 1.54) is 6.26 Å². The number of halogens is 1. The summed E-state index contributed by atoms with van der Waals surface area (Å²) in [5, 5.41) is 6.83. The fourth-order valence-electron chi connectivity index (χ4n) is 1.71. The summed E-state index contributed by atoms with van der Waals surface area (Å²) in [5.74, 6) is 0. The van der Waals surface area contributed by atoms with Gasteiger partial charge in [-0.05, 0) is 40.2 Å². The quantitative estimate of drug-likeness (QED) is 0.775. The smallest absolute Gasteiger partial charge is 0.242 e. The molecule has 8 heteroatoms. The molecule has 0 saturated heterocycles. The van der Waals surface area contributed by atoms with E-state index in [9.17, 15) is 8.42 Å². The lowest BCUT2D eigenvalue weighted by Crippen LogP contribution is -2.24. The summed E-state index contributed by atoms with van der Waals surface area (Å²) >= 11 is 3.28. The molecule has 0 radical (unpaired) electrons. The Hall–Kier alpha value is -1.22. The van der Waals surface area contributed by atoms with Crippen LogP contribution in [0.5, 0.6) is 0 Å². The molecule has 114 valence electrons. The molecular weight excluding hydrogens is 358 g/mol. The van der Waals surface area contributed by atoms with Crippen molar-refractivity contribution in [1.82, 2.24) is 15.2 Å². The zero-order valence-electron chi connectivity index (χ0n) is 11.5. The molecule has 1 aromatic carbocycles. The van der Waals surface area contributed by atoms with Gasteiger partial charge in [-0.3, -0.25) is 0 Å². The molecule has 21 heavy (non-hydrogen) atoms. The van der Waals surface area contributed by atoms with Crippen LogP contribution < -0.4 is 10.0 Å². The van der Waals surface area contributed by atoms with Crippen LogP contribution in [0.4, 0.5) is 0 Å². The Morgan fingerprint density at radius 2 is 2.10 bits per heavy atom. The number of sulfonamides is 1. The van der Waals surface area contributed by atoms with Gasteiger partial charge in [-0.15, -0.1) is 0 Å². The highest BCUT2D eigenvalue weighted by atomic mass is 79.9. The first-order valence-electron chi connectivity index (χ1n) is 6.41. The normalized spacial score (nSPS) is 11.7. The summed E-state index contributed by atoms with van der Waals surface area (Å²) in [6.45, 7) is 3.52. The van der Waals surface area contributed by atoms with Gasteiger partial charge >= 0.3 is 0 Å². The van der Waals surface area contributed by atoms with Crippen LogP contribution in [0, 0.1) is 0 Å². The number of nitrogens with zero attached hydrogens (tertiary/aromatic N) is 1. The van der Waals surface area contributed by atoms with Crippen molar-refractivity contribution in [1.29, 1.82) is 0 Å². The van der Waals surface area contributed by atoms with Crippen LogP contribution in [-0.2, 0) is 23.1 Å². The van der Waals surface area contributed by atoms with Crippen molar-refractivity contribution in [2.45, 2.75) is 24.9 Å². The van der Waals surface area contributed by atoms with Crippen LogP contribution in [0.15, 0.2) is 44.4 Å². The van der Waals surface area contributed by atoms with Gasteiger partial charge in [0.1, 0.15) is 6.26 Å². The van der Waals surface area contributed by atoms with Crippen molar-refractivity contribution in [3.63, 3.8) is 0 Å². The van der Waals surface area contributed by atoms with Crippen LogP contribution in [0.1, 0.15) is 18.2 Å². The topological polar surface area (TPSA) is 84.2 Å². The molecular formula is C13H16BrN3O3S. The minimum atomic E-state index is -3.62. The molecule has 0 aliphatic carbocycles. The highest BCUT2D eigenvalue weighted by Gasteiger charge is 2.18. The highest BCUT2D eigenvalue weighted by molar-refractivity contribution is 9.10. The molecule has 0 aliphatic rings. The summed E-state index contributed by atoms with van der Waals surface area (Å²) in [6.07, 6.45) is 1.40. The Bertz CT molecular complexity index is 687. The van der Waals surface area contributed by atoms with Gasteiger partial charge in [-0.2, -0.15) is 0 Å². The zero-order chi connectivity index (χ0) is 15.3. The molecule has 2 rings (SSSR count). The molecule has 0 atom stereocenters. The Balaban J connectivity index is 2.17. The number of benzene rings is 1. The lowest BCUT2D eigenvalue weighted by molar-refractivity contribution is 0.411. The van der Waals surface area contributed by atoms with Gasteiger partial charge in [0.05, 0.1) is 17.1 Å². The summed E-state index contributed by atoms with van der Waals surface area (Å²) in [4.78, 5) is 0.210. The van der Waals surface area contributed by atoms with Crippen molar-refractivity contribution in [3.05, 3.63) is 46.3 Å². The van der Waals surface area contributed by atoms with E-state index in [0.29, 0.717) is 16.7 Å². The molecule has 6 nitrogen and oxygen atoms in total. The van der Waals surface area contributed by atoms with E-state index in [1.807, 2.05) is 13.0 Å². The molecule has 2 aromatic rings. The third-order valence-electron chi connectivity index (χ3n) is 2.80. The van der Waals surface area contributed by atoms with Crippen molar-refractivity contribution < 1.29 is 12.9 Å². The Labute approximate surface area is 132 Å². The van der Waals surface area contributed by atoms with Gasteiger partial charge in [0.2, 0.25) is 10.0 Å². The summed E-state index contributed by atoms with van der Waals surface area (Å²) in [5.41, 5.74) is 1.43. The van der Waals surface area contributed by atoms with Crippen LogP contribution >= 0.6 is 15.9 Å². The molecule has 1 heterocycles. The molecule has 0 fully saturated rings. The van der Waals surface area contributed by atoms with E-state index in [1.54, 1.807) is 18.2 Å². The van der Waals surface area contributed by atoms with Crippen LogP contribution in [-0.4, -0.2) is 20.1 Å². The third-order valence-corrected chi connectivity index (χ3v) is 5.19. The fourth-order valence-corrected chi connectivity index (χ4v) is 3.72. The summed E-state index contributed by atoms with van der Waals surface area (Å²) in [6, 6.07) is 6.87. The fraction of sp³-hybridized carbons (Fsp3) is 0.308. The Morgan fingerprint density at radius 3 is 2.76 bits per heavy atom. The zero-order valence-corrected chi connectivity index (χ0v) is 13.9. The van der Waals surface area contributed by atoms with Gasteiger partial charge in [0, 0.05) is 17.1 Å². The first-order valence-corrected chi connectivity index (χ1v) is 8.68. The maximum Gasteiger partial charge on any atom is 0.242 e. The maximum atomic E-state index is 12.4. The third kappa shape index (κ3) is 4.37. The van der Waals surface area contributed by atoms with E-state index in [0.717, 1.165) is 12.1 Å². The molecule has 0 amide bonds. The van der Waals surface area contributed by atoms with Gasteiger partial charge in [-0.25, -0.2) is 13.1 Å². The highest BCUT2D eigenvalue weighted by Crippen LogP contribution is 2.23. The van der Waals surface area contributed by atoms with Gasteiger partial charge < -0.3 is 9.84 Å². The average Bonchev–Trinajstić information content (AvgIpc) is 2.97. The Morgan fingerprint density at radius 1 is 1.29 bits per heavy atom. The predicted octanol–water partition coefficient (Wildman–Crippen LogP) is 2.03. The van der Waals surface area contributed by atoms with Crippen molar-refractivity contribution in [2.75, 3.05) is 6.54 Å². The number of rotatable bonds is 7. The molecule has 0 saturated carbocycles. The van der Waals surface area contributed by atoms with E-state index in [4.69, 9.17) is 0 Å². The van der Waals surface area contributed by atoms with E-state index in [-0.39, 0.29) is 11.4 Å². The lowest BCUT2D eigenvalue weighted by atomic mass is 10.2. The summed E-state index contributed by atoms with van der Waals surface area (Å²) in [7, 11) is -3.62. The predicted molar refractivity (Wildman–Crippen MR) is 82.1 cm³/mol. The average molecular weight is 374 g/mol. The van der Waals surface area contributed by atoms with Crippen molar-refractivity contribution in [3.8, 4) is 0 Å². The second-order valence-electron chi connectivity index (χ2n) is 4.36. The molecule has 1 aromatic heterocycles. The van der Waals surface area contributed by atoms with Crippen LogP contribution in [0.25, 0.3) is 0 Å². The van der Waals surface area contributed by atoms with Crippen LogP contribution in [0.3, 0.4) is 0 Å². The molecule has 0 bridgehead atoms. The van der Waals surface area contributed by atoms with Crippen molar-refractivity contribution in [2.24, 2.45) is 0 Å². The van der Waals surface area contributed by atoms with E-state index in [2.05, 4.69) is 35.6 Å². The largest absolute Gasteiger partial charge is 0.364 e. The van der Waals surface area contributed by atoms with Crippen molar-refractivity contribution >= 4 is 26.0 Å². The molecule has 0 unspecified atom stereocenters. The number of hydrogen-bond donors (Lipinski definition) is 2. The second-order valence-corrected chi connectivity index (χ2v) is 6.95. The SMILES string of the molecule is CCNCc1ccc(Br)c(S(=O)(=O)NCc2ccon2)c1. The van der Waals surface area contributed by atoms with E-state index >= 15 is 0 Å². The van der Waals surface area contributed by atoms with Gasteiger partial charge in [0.15, 0.2) is 0 Å². The molecule has 0 spiro atoms. The molecule has 0 aliphatic heterocycles. The van der Waals surface area contributed by atoms with Gasteiger partial charge in [0.25, 0.3) is 0 Å². The minimum Gasteiger partial charge on any atom is -0.364 e. The van der Waals surface area contributed by atoms with Crippen LogP contribution in [0.2, 0.25) is 0 Å². The first-order chi connectivity index (χ1) is 10.0.